The second kappa shape index (κ2) is 20.8. The van der Waals surface area contributed by atoms with E-state index in [2.05, 4.69) is 20.9 Å². The minimum Gasteiger partial charge on any atom is -0.394 e. The summed E-state index contributed by atoms with van der Waals surface area (Å²) < 4.78 is 0. The number of aliphatic hydroxyl groups is 1. The number of amides is 3. The van der Waals surface area contributed by atoms with Gasteiger partial charge >= 0.3 is 0 Å². The third kappa shape index (κ3) is 16.4. The molecule has 0 heterocycles. The molecule has 8 N–H and O–H groups in total. The molecular weight excluding hydrogens is 576 g/mol. The molecule has 0 aliphatic heterocycles. The summed E-state index contributed by atoms with van der Waals surface area (Å²) in [5.41, 5.74) is 10.8. The first-order chi connectivity index (χ1) is 20.0. The van der Waals surface area contributed by atoms with Crippen molar-refractivity contribution in [1.29, 1.82) is 0 Å². The van der Waals surface area contributed by atoms with E-state index < -0.39 is 59.8 Å². The van der Waals surface area contributed by atoms with E-state index in [1.165, 1.54) is 25.7 Å². The van der Waals surface area contributed by atoms with Gasteiger partial charge in [0.2, 0.25) is 17.7 Å². The van der Waals surface area contributed by atoms with Gasteiger partial charge in [-0.25, -0.2) is 0 Å². The number of guanidine groups is 1. The van der Waals surface area contributed by atoms with E-state index in [1.54, 1.807) is 20.8 Å². The van der Waals surface area contributed by atoms with Crippen LogP contribution in [0.5, 0.6) is 0 Å². The highest BCUT2D eigenvalue weighted by Gasteiger charge is 2.33. The van der Waals surface area contributed by atoms with Gasteiger partial charge in [0.05, 0.1) is 18.6 Å². The van der Waals surface area contributed by atoms with E-state index in [1.807, 2.05) is 13.8 Å². The number of aliphatic imine (C=N–C) groups is 1. The highest BCUT2D eigenvalue weighted by Crippen LogP contribution is 2.21. The summed E-state index contributed by atoms with van der Waals surface area (Å²) in [6.07, 6.45) is 0.183. The van der Waals surface area contributed by atoms with Crippen molar-refractivity contribution in [1.82, 2.24) is 16.0 Å². The fraction of sp³-hybridized carbons (Fsp3) is 0.759. The maximum atomic E-state index is 13.6. The van der Waals surface area contributed by atoms with Crippen LogP contribution in [0.2, 0.25) is 0 Å². The Morgan fingerprint density at radius 1 is 0.837 bits per heavy atom. The summed E-state index contributed by atoms with van der Waals surface area (Å²) in [4.78, 5) is 80.4. The fourth-order valence-electron chi connectivity index (χ4n) is 4.27. The minimum absolute atomic E-state index is 0.0343. The van der Waals surface area contributed by atoms with Crippen molar-refractivity contribution in [3.8, 4) is 0 Å². The summed E-state index contributed by atoms with van der Waals surface area (Å²) in [5, 5.41) is 17.8. The predicted molar refractivity (Wildman–Crippen MR) is 168 cm³/mol. The largest absolute Gasteiger partial charge is 0.394 e. The maximum Gasteiger partial charge on any atom is 0.224 e. The number of carbonyl (C=O) groups excluding carboxylic acids is 6. The zero-order valence-electron chi connectivity index (χ0n) is 26.6. The van der Waals surface area contributed by atoms with Crippen LogP contribution < -0.4 is 27.4 Å². The molecule has 0 spiro atoms. The molecule has 0 aromatic heterocycles. The molecule has 0 saturated heterocycles. The average molecular weight is 629 g/mol. The SMILES string of the molecule is CNC(=O)[C@H](C)CC(=O)[C@H](CO)NC(=O)[C@@H](CC(=O)[C@H](CCCN=C(N)N)NC(=O)[C@H](CSC(C)C)CC(C)=O)C(C)C. The molecular formula is C29H52N6O7S. The molecule has 0 unspecified atom stereocenters. The minimum atomic E-state index is -1.24. The Hall–Kier alpha value is -3.00. The Kier molecular flexibility index (Phi) is 19.4. The summed E-state index contributed by atoms with van der Waals surface area (Å²) in [7, 11) is 1.45. The number of hydrogen-bond donors (Lipinski definition) is 6. The number of aliphatic hydroxyl groups excluding tert-OH is 1. The summed E-state index contributed by atoms with van der Waals surface area (Å²) >= 11 is 1.54. The number of carbonyl (C=O) groups is 6. The van der Waals surface area contributed by atoms with E-state index in [0.717, 1.165) is 0 Å². The molecule has 13 nitrogen and oxygen atoms in total. The van der Waals surface area contributed by atoms with Gasteiger partial charge in [0.1, 0.15) is 11.8 Å². The Labute approximate surface area is 259 Å². The smallest absolute Gasteiger partial charge is 0.224 e. The number of thioether (sulfide) groups is 1. The van der Waals surface area contributed by atoms with Crippen LogP contribution in [-0.2, 0) is 28.8 Å². The van der Waals surface area contributed by atoms with Gasteiger partial charge in [-0.05, 0) is 30.9 Å². The quantitative estimate of drug-likeness (QED) is 0.0547. The lowest BCUT2D eigenvalue weighted by atomic mass is 9.86. The fourth-order valence-corrected chi connectivity index (χ4v) is 5.16. The monoisotopic (exact) mass is 628 g/mol. The van der Waals surface area contributed by atoms with Gasteiger partial charge in [-0.2, -0.15) is 11.8 Å². The first-order valence-electron chi connectivity index (χ1n) is 14.7. The van der Waals surface area contributed by atoms with Crippen molar-refractivity contribution in [2.75, 3.05) is 26.0 Å². The number of nitrogens with one attached hydrogen (secondary N) is 3. The van der Waals surface area contributed by atoms with Gasteiger partial charge in [0.25, 0.3) is 0 Å². The summed E-state index contributed by atoms with van der Waals surface area (Å²) in [5.74, 6) is -4.60. The van der Waals surface area contributed by atoms with Crippen molar-refractivity contribution in [3.63, 3.8) is 0 Å². The Balaban J connectivity index is 5.83. The third-order valence-electron chi connectivity index (χ3n) is 6.84. The normalized spacial score (nSPS) is 14.7. The van der Waals surface area contributed by atoms with Gasteiger partial charge in [0, 0.05) is 50.4 Å². The van der Waals surface area contributed by atoms with Gasteiger partial charge in [-0.1, -0.05) is 34.6 Å². The first kappa shape index (κ1) is 40.0. The van der Waals surface area contributed by atoms with Crippen LogP contribution in [0.25, 0.3) is 0 Å². The number of nitrogens with zero attached hydrogens (tertiary/aromatic N) is 1. The molecule has 0 radical (unpaired) electrons. The Morgan fingerprint density at radius 3 is 1.91 bits per heavy atom. The van der Waals surface area contributed by atoms with E-state index in [-0.39, 0.29) is 61.0 Å². The second-order valence-electron chi connectivity index (χ2n) is 11.4. The first-order valence-corrected chi connectivity index (χ1v) is 15.7. The molecule has 14 heteroatoms. The van der Waals surface area contributed by atoms with Crippen LogP contribution in [0, 0.1) is 23.7 Å². The Bertz CT molecular complexity index is 984. The summed E-state index contributed by atoms with van der Waals surface area (Å²) in [6.45, 7) is 10.00. The van der Waals surface area contributed by atoms with Crippen molar-refractivity contribution < 1.29 is 33.9 Å². The van der Waals surface area contributed by atoms with Crippen LogP contribution in [0.4, 0.5) is 0 Å². The van der Waals surface area contributed by atoms with Gasteiger partial charge in [0.15, 0.2) is 17.5 Å². The average Bonchev–Trinajstić information content (AvgIpc) is 2.92. The molecule has 0 aliphatic rings. The van der Waals surface area contributed by atoms with Crippen LogP contribution in [0.1, 0.15) is 73.6 Å². The van der Waals surface area contributed by atoms with E-state index in [9.17, 15) is 33.9 Å². The second-order valence-corrected chi connectivity index (χ2v) is 13.1. The number of hydrogen-bond acceptors (Lipinski definition) is 9. The predicted octanol–water partition coefficient (Wildman–Crippen LogP) is 0.312. The van der Waals surface area contributed by atoms with Crippen LogP contribution in [0.15, 0.2) is 4.99 Å². The van der Waals surface area contributed by atoms with Crippen LogP contribution >= 0.6 is 11.8 Å². The molecule has 3 amide bonds. The molecule has 246 valence electrons. The van der Waals surface area contributed by atoms with Crippen LogP contribution in [-0.4, -0.2) is 89.4 Å². The van der Waals surface area contributed by atoms with Crippen molar-refractivity contribution in [3.05, 3.63) is 0 Å². The topological polar surface area (TPSA) is 223 Å². The highest BCUT2D eigenvalue weighted by molar-refractivity contribution is 7.99. The number of nitrogens with two attached hydrogens (primary N) is 2. The molecule has 0 rings (SSSR count). The Morgan fingerprint density at radius 2 is 1.42 bits per heavy atom. The molecule has 0 fully saturated rings. The van der Waals surface area contributed by atoms with Crippen molar-refractivity contribution in [2.45, 2.75) is 91.0 Å². The standard InChI is InChI=1S/C29H52N6O7S/c1-16(2)21(28(42)35-23(14-36)24(38)11-18(5)26(40)32-7)13-25(39)22(9-8-10-33-29(30)31)34-27(41)20(12-19(6)37)15-43-17(3)4/h16-18,20-23,36H,8-15H2,1-7H3,(H,32,40)(H,34,41)(H,35,42)(H4,30,31,33)/t18-,20+,21+,22+,23+/m1/s1. The molecule has 0 bridgehead atoms. The van der Waals surface area contributed by atoms with Gasteiger partial charge in [-0.3, -0.25) is 29.0 Å². The lowest BCUT2D eigenvalue weighted by Gasteiger charge is -2.26. The van der Waals surface area contributed by atoms with Crippen LogP contribution in [0.3, 0.4) is 0 Å². The third-order valence-corrected chi connectivity index (χ3v) is 8.10. The molecule has 43 heavy (non-hydrogen) atoms. The number of ketones is 3. The van der Waals surface area contributed by atoms with Crippen molar-refractivity contribution >= 4 is 52.8 Å². The summed E-state index contributed by atoms with van der Waals surface area (Å²) in [6, 6.07) is -2.20. The lowest BCUT2D eigenvalue weighted by Crippen LogP contribution is -2.49. The van der Waals surface area contributed by atoms with Gasteiger partial charge < -0.3 is 37.3 Å². The molecule has 0 aromatic rings. The van der Waals surface area contributed by atoms with Gasteiger partial charge in [-0.15, -0.1) is 0 Å². The number of Topliss-reactive ketones (excluding diaryl/α,β-unsaturated/α-hetero) is 3. The molecule has 0 saturated carbocycles. The number of rotatable bonds is 22. The maximum absolute atomic E-state index is 13.6. The zero-order valence-corrected chi connectivity index (χ0v) is 27.4. The van der Waals surface area contributed by atoms with E-state index in [4.69, 9.17) is 11.5 Å². The lowest BCUT2D eigenvalue weighted by molar-refractivity contribution is -0.136. The zero-order chi connectivity index (χ0) is 33.3. The van der Waals surface area contributed by atoms with E-state index in [0.29, 0.717) is 12.2 Å². The highest BCUT2D eigenvalue weighted by atomic mass is 32.2. The molecule has 5 atom stereocenters. The molecule has 0 aromatic carbocycles. The molecule has 0 aliphatic carbocycles. The van der Waals surface area contributed by atoms with Crippen molar-refractivity contribution in [2.24, 2.45) is 40.1 Å². The van der Waals surface area contributed by atoms with E-state index >= 15 is 0 Å².